The summed E-state index contributed by atoms with van der Waals surface area (Å²) in [6.07, 6.45) is 6.81. The highest BCUT2D eigenvalue weighted by Crippen LogP contribution is 2.32. The minimum absolute atomic E-state index is 0.262. The van der Waals surface area contributed by atoms with E-state index in [1.165, 1.54) is 32.8 Å². The lowest BCUT2D eigenvalue weighted by atomic mass is 9.81. The van der Waals surface area contributed by atoms with Crippen LogP contribution in [0.2, 0.25) is 0 Å². The number of anilines is 1. The number of morpholine rings is 1. The van der Waals surface area contributed by atoms with E-state index in [0.29, 0.717) is 12.2 Å². The fraction of sp³-hybridized carbons (Fsp3) is 0.611. The van der Waals surface area contributed by atoms with E-state index >= 15 is 0 Å². The van der Waals surface area contributed by atoms with Crippen LogP contribution in [0.5, 0.6) is 0 Å². The lowest BCUT2D eigenvalue weighted by molar-refractivity contribution is 0.0283. The van der Waals surface area contributed by atoms with Crippen molar-refractivity contribution in [3.63, 3.8) is 0 Å². The van der Waals surface area contributed by atoms with Crippen molar-refractivity contribution < 1.29 is 14.3 Å². The first kappa shape index (κ1) is 16.8. The third kappa shape index (κ3) is 4.07. The number of nitrogens with zero attached hydrogens (tertiary/aromatic N) is 1. The molecular weight excluding hydrogens is 358 g/mol. The Morgan fingerprint density at radius 1 is 1.39 bits per heavy atom. The largest absolute Gasteiger partial charge is 0.465 e. The topological polar surface area (TPSA) is 38.8 Å². The van der Waals surface area contributed by atoms with E-state index in [-0.39, 0.29) is 12.1 Å². The summed E-state index contributed by atoms with van der Waals surface area (Å²) >= 11 is 3.43. The average molecular weight is 382 g/mol. The summed E-state index contributed by atoms with van der Waals surface area (Å²) in [7, 11) is 1.42. The number of hydrogen-bond acceptors (Lipinski definition) is 4. The Bertz CT molecular complexity index is 559. The van der Waals surface area contributed by atoms with Crippen LogP contribution in [0.15, 0.2) is 22.7 Å². The fourth-order valence-corrected chi connectivity index (χ4v) is 3.73. The predicted octanol–water partition coefficient (Wildman–Crippen LogP) is 4.02. The second kappa shape index (κ2) is 7.67. The van der Waals surface area contributed by atoms with E-state index in [4.69, 9.17) is 9.47 Å². The molecule has 0 amide bonds. The molecule has 1 saturated heterocycles. The molecule has 0 bridgehead atoms. The first-order valence-corrected chi connectivity index (χ1v) is 9.21. The van der Waals surface area contributed by atoms with Crippen molar-refractivity contribution in [3.8, 4) is 0 Å². The predicted molar refractivity (Wildman–Crippen MR) is 94.0 cm³/mol. The Hall–Kier alpha value is -1.07. The molecule has 126 valence electrons. The molecule has 23 heavy (non-hydrogen) atoms. The van der Waals surface area contributed by atoms with Crippen molar-refractivity contribution in [1.29, 1.82) is 0 Å². The first-order chi connectivity index (χ1) is 11.2. The van der Waals surface area contributed by atoms with Gasteiger partial charge in [-0.1, -0.05) is 35.2 Å². The average Bonchev–Trinajstić information content (AvgIpc) is 2.53. The van der Waals surface area contributed by atoms with E-state index in [0.717, 1.165) is 35.6 Å². The molecule has 2 aliphatic rings. The molecule has 1 aromatic rings. The molecule has 1 aliphatic carbocycles. The molecule has 1 heterocycles. The van der Waals surface area contributed by atoms with E-state index in [9.17, 15) is 4.79 Å². The Morgan fingerprint density at radius 2 is 2.22 bits per heavy atom. The number of rotatable bonds is 5. The number of halogens is 1. The van der Waals surface area contributed by atoms with E-state index in [1.807, 2.05) is 18.2 Å². The van der Waals surface area contributed by atoms with Gasteiger partial charge in [0.05, 0.1) is 31.1 Å². The molecule has 0 spiro atoms. The van der Waals surface area contributed by atoms with Crippen LogP contribution in [0.1, 0.15) is 42.5 Å². The summed E-state index contributed by atoms with van der Waals surface area (Å²) in [6.45, 7) is 2.37. The highest BCUT2D eigenvalue weighted by molar-refractivity contribution is 9.10. The van der Waals surface area contributed by atoms with Gasteiger partial charge < -0.3 is 14.4 Å². The van der Waals surface area contributed by atoms with Crippen molar-refractivity contribution in [3.05, 3.63) is 28.2 Å². The quantitative estimate of drug-likeness (QED) is 0.721. The molecule has 2 fully saturated rings. The zero-order valence-electron chi connectivity index (χ0n) is 13.6. The summed E-state index contributed by atoms with van der Waals surface area (Å²) in [5, 5.41) is 0. The number of methoxy groups -OCH3 is 1. The normalized spacial score (nSPS) is 21.8. The van der Waals surface area contributed by atoms with Crippen molar-refractivity contribution >= 4 is 27.6 Å². The molecule has 0 unspecified atom stereocenters. The fourth-order valence-electron chi connectivity index (χ4n) is 3.37. The smallest absolute Gasteiger partial charge is 0.340 e. The van der Waals surface area contributed by atoms with Gasteiger partial charge in [0.1, 0.15) is 0 Å². The summed E-state index contributed by atoms with van der Waals surface area (Å²) in [5.41, 5.74) is 1.55. The molecular formula is C18H24BrNO3. The highest BCUT2D eigenvalue weighted by Gasteiger charge is 2.26. The van der Waals surface area contributed by atoms with Gasteiger partial charge in [-0.2, -0.15) is 0 Å². The lowest BCUT2D eigenvalue weighted by Gasteiger charge is -2.36. The molecule has 1 saturated carbocycles. The second-order valence-electron chi connectivity index (χ2n) is 6.47. The van der Waals surface area contributed by atoms with Gasteiger partial charge in [-0.3, -0.25) is 0 Å². The van der Waals surface area contributed by atoms with Crippen molar-refractivity contribution in [1.82, 2.24) is 0 Å². The van der Waals surface area contributed by atoms with Crippen LogP contribution in [-0.4, -0.2) is 38.9 Å². The molecule has 1 aromatic carbocycles. The van der Waals surface area contributed by atoms with E-state index in [2.05, 4.69) is 20.8 Å². The third-order valence-electron chi connectivity index (χ3n) is 4.97. The Labute approximate surface area is 146 Å². The van der Waals surface area contributed by atoms with E-state index < -0.39 is 0 Å². The van der Waals surface area contributed by atoms with Crippen molar-refractivity contribution in [2.75, 3.05) is 31.7 Å². The van der Waals surface area contributed by atoms with Crippen molar-refractivity contribution in [2.45, 2.75) is 38.2 Å². The van der Waals surface area contributed by atoms with Crippen LogP contribution in [0.4, 0.5) is 5.69 Å². The number of esters is 1. The molecule has 5 heteroatoms. The molecule has 3 rings (SSSR count). The highest BCUT2D eigenvalue weighted by atomic mass is 79.9. The molecule has 1 atom stereocenters. The zero-order chi connectivity index (χ0) is 16.2. The maximum absolute atomic E-state index is 12.1. The minimum Gasteiger partial charge on any atom is -0.465 e. The Balaban J connectivity index is 1.68. The van der Waals surface area contributed by atoms with Crippen LogP contribution in [0, 0.1) is 5.92 Å². The standard InChI is InChI=1S/C18H24BrNO3/c1-22-18(21)16-11-14(19)6-8-17(16)20-9-10-23-15(12-20)7-5-13-3-2-4-13/h6,8,11,13,15H,2-5,7,9-10,12H2,1H3/t15-/m1/s1. The van der Waals surface area contributed by atoms with Gasteiger partial charge in [-0.25, -0.2) is 4.79 Å². The first-order valence-electron chi connectivity index (χ1n) is 8.42. The molecule has 1 aliphatic heterocycles. The zero-order valence-corrected chi connectivity index (χ0v) is 15.2. The van der Waals surface area contributed by atoms with Crippen LogP contribution in [0.25, 0.3) is 0 Å². The Kier molecular flexibility index (Phi) is 5.59. The summed E-state index contributed by atoms with van der Waals surface area (Å²) in [4.78, 5) is 14.3. The summed E-state index contributed by atoms with van der Waals surface area (Å²) < 4.78 is 11.8. The van der Waals surface area contributed by atoms with Gasteiger partial charge >= 0.3 is 5.97 Å². The molecule has 0 N–H and O–H groups in total. The summed E-state index contributed by atoms with van der Waals surface area (Å²) in [6, 6.07) is 5.80. The SMILES string of the molecule is COC(=O)c1cc(Br)ccc1N1CCO[C@H](CCC2CCC2)C1. The van der Waals surface area contributed by atoms with Crippen molar-refractivity contribution in [2.24, 2.45) is 5.92 Å². The van der Waals surface area contributed by atoms with Gasteiger partial charge in [0, 0.05) is 17.6 Å². The lowest BCUT2D eigenvalue weighted by Crippen LogP contribution is -2.43. The molecule has 4 nitrogen and oxygen atoms in total. The van der Waals surface area contributed by atoms with Crippen LogP contribution < -0.4 is 4.90 Å². The maximum atomic E-state index is 12.1. The van der Waals surface area contributed by atoms with Crippen LogP contribution in [0.3, 0.4) is 0 Å². The van der Waals surface area contributed by atoms with Gasteiger partial charge in [0.15, 0.2) is 0 Å². The van der Waals surface area contributed by atoms with Gasteiger partial charge in [-0.05, 0) is 37.0 Å². The molecule has 0 aromatic heterocycles. The van der Waals surface area contributed by atoms with Crippen LogP contribution in [-0.2, 0) is 9.47 Å². The number of carbonyl (C=O) groups excluding carboxylic acids is 1. The van der Waals surface area contributed by atoms with Gasteiger partial charge in [0.2, 0.25) is 0 Å². The Morgan fingerprint density at radius 3 is 2.91 bits per heavy atom. The van der Waals surface area contributed by atoms with Gasteiger partial charge in [0.25, 0.3) is 0 Å². The summed E-state index contributed by atoms with van der Waals surface area (Å²) in [5.74, 6) is 0.617. The maximum Gasteiger partial charge on any atom is 0.340 e. The molecule has 0 radical (unpaired) electrons. The van der Waals surface area contributed by atoms with Crippen LogP contribution >= 0.6 is 15.9 Å². The van der Waals surface area contributed by atoms with E-state index in [1.54, 1.807) is 0 Å². The second-order valence-corrected chi connectivity index (χ2v) is 7.38. The number of ether oxygens (including phenoxy) is 2. The van der Waals surface area contributed by atoms with Gasteiger partial charge in [-0.15, -0.1) is 0 Å². The number of carbonyl (C=O) groups is 1. The monoisotopic (exact) mass is 381 g/mol. The number of benzene rings is 1. The minimum atomic E-state index is -0.293. The number of hydrogen-bond donors (Lipinski definition) is 0. The third-order valence-corrected chi connectivity index (χ3v) is 5.46.